The highest BCUT2D eigenvalue weighted by Crippen LogP contribution is 2.22. The van der Waals surface area contributed by atoms with Gasteiger partial charge in [-0.3, -0.25) is 19.7 Å². The smallest absolute Gasteiger partial charge is 0.272 e. The Morgan fingerprint density at radius 1 is 1.13 bits per heavy atom. The van der Waals surface area contributed by atoms with Crippen molar-refractivity contribution in [2.24, 2.45) is 0 Å². The van der Waals surface area contributed by atoms with Crippen LogP contribution in [0.25, 0.3) is 10.9 Å². The van der Waals surface area contributed by atoms with E-state index in [0.29, 0.717) is 24.8 Å². The SMILES string of the molecule is CCN(CC)C(=O)Cn1ccc2cc(NC(=O)c3ccc([N+](=O)[O-])cc3F)ccc21. The molecule has 30 heavy (non-hydrogen) atoms. The van der Waals surface area contributed by atoms with Crippen LogP contribution in [0.1, 0.15) is 24.2 Å². The number of amides is 2. The molecule has 2 amide bonds. The van der Waals surface area contributed by atoms with Gasteiger partial charge in [0, 0.05) is 41.9 Å². The summed E-state index contributed by atoms with van der Waals surface area (Å²) in [5, 5.41) is 14.1. The second-order valence-electron chi connectivity index (χ2n) is 6.66. The Bertz CT molecular complexity index is 1120. The molecule has 0 saturated carbocycles. The molecule has 1 heterocycles. The summed E-state index contributed by atoms with van der Waals surface area (Å²) >= 11 is 0. The molecule has 0 bridgehead atoms. The van der Waals surface area contributed by atoms with Crippen LogP contribution in [0.5, 0.6) is 0 Å². The van der Waals surface area contributed by atoms with E-state index in [1.165, 1.54) is 0 Å². The Balaban J connectivity index is 1.78. The summed E-state index contributed by atoms with van der Waals surface area (Å²) in [5.41, 5.74) is 0.558. The maximum absolute atomic E-state index is 14.1. The molecule has 0 fully saturated rings. The number of hydrogen-bond donors (Lipinski definition) is 1. The maximum Gasteiger partial charge on any atom is 0.272 e. The van der Waals surface area contributed by atoms with Crippen LogP contribution in [0.15, 0.2) is 48.7 Å². The van der Waals surface area contributed by atoms with Crippen LogP contribution in [0.2, 0.25) is 0 Å². The van der Waals surface area contributed by atoms with Gasteiger partial charge in [-0.15, -0.1) is 0 Å². The van der Waals surface area contributed by atoms with Gasteiger partial charge < -0.3 is 14.8 Å². The first kappa shape index (κ1) is 21.0. The standard InChI is InChI=1S/C21H21FN4O4/c1-3-24(4-2)20(27)13-25-10-9-14-11-15(5-8-19(14)25)23-21(28)17-7-6-16(26(29)30)12-18(17)22/h5-12H,3-4,13H2,1-2H3,(H,23,28). The molecule has 0 radical (unpaired) electrons. The lowest BCUT2D eigenvalue weighted by atomic mass is 10.1. The third-order valence-corrected chi connectivity index (χ3v) is 4.86. The first-order valence-corrected chi connectivity index (χ1v) is 9.46. The molecule has 8 nitrogen and oxygen atoms in total. The van der Waals surface area contributed by atoms with Gasteiger partial charge in [0.25, 0.3) is 11.6 Å². The van der Waals surface area contributed by atoms with Gasteiger partial charge >= 0.3 is 0 Å². The number of anilines is 1. The first-order chi connectivity index (χ1) is 14.3. The monoisotopic (exact) mass is 412 g/mol. The van der Waals surface area contributed by atoms with E-state index in [0.717, 1.165) is 23.0 Å². The van der Waals surface area contributed by atoms with Crippen LogP contribution < -0.4 is 5.32 Å². The quantitative estimate of drug-likeness (QED) is 0.471. The van der Waals surface area contributed by atoms with Crippen LogP contribution in [0.3, 0.4) is 0 Å². The van der Waals surface area contributed by atoms with Crippen molar-refractivity contribution in [3.63, 3.8) is 0 Å². The summed E-state index contributed by atoms with van der Waals surface area (Å²) in [4.78, 5) is 36.4. The lowest BCUT2D eigenvalue weighted by Gasteiger charge is -2.19. The number of halogens is 1. The Hall–Kier alpha value is -3.75. The number of benzene rings is 2. The molecule has 0 unspecified atom stereocenters. The fourth-order valence-corrected chi connectivity index (χ4v) is 3.24. The number of fused-ring (bicyclic) bond motifs is 1. The number of nitro groups is 1. The van der Waals surface area contributed by atoms with Crippen molar-refractivity contribution >= 4 is 34.1 Å². The van der Waals surface area contributed by atoms with E-state index < -0.39 is 22.3 Å². The minimum Gasteiger partial charge on any atom is -0.342 e. The van der Waals surface area contributed by atoms with E-state index >= 15 is 0 Å². The highest BCUT2D eigenvalue weighted by atomic mass is 19.1. The van der Waals surface area contributed by atoms with Gasteiger partial charge in [-0.05, 0) is 44.2 Å². The fraction of sp³-hybridized carbons (Fsp3) is 0.238. The normalized spacial score (nSPS) is 10.8. The highest BCUT2D eigenvalue weighted by molar-refractivity contribution is 6.05. The molecule has 3 rings (SSSR count). The number of non-ortho nitro benzene ring substituents is 1. The number of likely N-dealkylation sites (N-methyl/N-ethyl adjacent to an activating group) is 1. The molecule has 0 saturated heterocycles. The van der Waals surface area contributed by atoms with Crippen molar-refractivity contribution in [1.82, 2.24) is 9.47 Å². The van der Waals surface area contributed by atoms with Crippen molar-refractivity contribution < 1.29 is 18.9 Å². The molecule has 0 atom stereocenters. The number of nitrogens with one attached hydrogen (secondary N) is 1. The van der Waals surface area contributed by atoms with Crippen LogP contribution in [-0.2, 0) is 11.3 Å². The second-order valence-corrected chi connectivity index (χ2v) is 6.66. The summed E-state index contributed by atoms with van der Waals surface area (Å²) in [6, 6.07) is 9.84. The number of nitro benzene ring substituents is 1. The van der Waals surface area contributed by atoms with Gasteiger partial charge in [0.1, 0.15) is 12.4 Å². The van der Waals surface area contributed by atoms with Gasteiger partial charge in [-0.2, -0.15) is 0 Å². The number of aromatic nitrogens is 1. The van der Waals surface area contributed by atoms with Gasteiger partial charge in [0.15, 0.2) is 0 Å². The van der Waals surface area contributed by atoms with Crippen molar-refractivity contribution in [2.75, 3.05) is 18.4 Å². The summed E-state index contributed by atoms with van der Waals surface area (Å²) in [6.45, 7) is 5.36. The van der Waals surface area contributed by atoms with Crippen molar-refractivity contribution in [3.05, 3.63) is 70.2 Å². The second kappa shape index (κ2) is 8.73. The zero-order chi connectivity index (χ0) is 21.8. The lowest BCUT2D eigenvalue weighted by Crippen LogP contribution is -2.33. The number of carbonyl (C=O) groups is 2. The van der Waals surface area contributed by atoms with Gasteiger partial charge in [-0.25, -0.2) is 4.39 Å². The number of nitrogens with zero attached hydrogens (tertiary/aromatic N) is 3. The molecular formula is C21H21FN4O4. The average molecular weight is 412 g/mol. The zero-order valence-corrected chi connectivity index (χ0v) is 16.6. The third-order valence-electron chi connectivity index (χ3n) is 4.86. The fourth-order valence-electron chi connectivity index (χ4n) is 3.24. The largest absolute Gasteiger partial charge is 0.342 e. The van der Waals surface area contributed by atoms with E-state index in [-0.39, 0.29) is 18.0 Å². The number of rotatable bonds is 7. The third kappa shape index (κ3) is 4.29. The Labute approximate surface area is 172 Å². The highest BCUT2D eigenvalue weighted by Gasteiger charge is 2.17. The first-order valence-electron chi connectivity index (χ1n) is 9.46. The molecule has 0 aliphatic heterocycles. The molecule has 1 aromatic heterocycles. The van der Waals surface area contributed by atoms with E-state index in [9.17, 15) is 24.1 Å². The van der Waals surface area contributed by atoms with E-state index in [2.05, 4.69) is 5.32 Å². The summed E-state index contributed by atoms with van der Waals surface area (Å²) < 4.78 is 15.9. The Morgan fingerprint density at radius 2 is 1.87 bits per heavy atom. The Morgan fingerprint density at radius 3 is 2.50 bits per heavy atom. The minimum atomic E-state index is -0.969. The van der Waals surface area contributed by atoms with Crippen LogP contribution in [-0.4, -0.2) is 39.3 Å². The minimum absolute atomic E-state index is 0.0172. The van der Waals surface area contributed by atoms with Crippen molar-refractivity contribution in [1.29, 1.82) is 0 Å². The van der Waals surface area contributed by atoms with Crippen molar-refractivity contribution in [3.8, 4) is 0 Å². The van der Waals surface area contributed by atoms with E-state index in [4.69, 9.17) is 0 Å². The molecule has 9 heteroatoms. The van der Waals surface area contributed by atoms with Crippen LogP contribution >= 0.6 is 0 Å². The van der Waals surface area contributed by atoms with E-state index in [1.54, 1.807) is 29.3 Å². The molecule has 0 spiro atoms. The number of hydrogen-bond acceptors (Lipinski definition) is 4. The molecule has 1 N–H and O–H groups in total. The maximum atomic E-state index is 14.1. The van der Waals surface area contributed by atoms with E-state index in [1.807, 2.05) is 24.5 Å². The van der Waals surface area contributed by atoms with Gasteiger partial charge in [-0.1, -0.05) is 0 Å². The summed E-state index contributed by atoms with van der Waals surface area (Å²) in [6.07, 6.45) is 1.80. The van der Waals surface area contributed by atoms with Gasteiger partial charge in [0.2, 0.25) is 5.91 Å². The summed E-state index contributed by atoms with van der Waals surface area (Å²) in [5.74, 6) is -1.66. The molecule has 156 valence electrons. The zero-order valence-electron chi connectivity index (χ0n) is 16.6. The predicted octanol–water partition coefficient (Wildman–Crippen LogP) is 3.81. The molecule has 3 aromatic rings. The molecule has 2 aromatic carbocycles. The molecule has 0 aliphatic carbocycles. The number of carbonyl (C=O) groups excluding carboxylic acids is 2. The molecular weight excluding hydrogens is 391 g/mol. The van der Waals surface area contributed by atoms with Crippen LogP contribution in [0, 0.1) is 15.9 Å². The molecule has 0 aliphatic rings. The van der Waals surface area contributed by atoms with Crippen LogP contribution in [0.4, 0.5) is 15.8 Å². The van der Waals surface area contributed by atoms with Gasteiger partial charge in [0.05, 0.1) is 16.6 Å². The topological polar surface area (TPSA) is 97.5 Å². The van der Waals surface area contributed by atoms with Crippen molar-refractivity contribution in [2.45, 2.75) is 20.4 Å². The lowest BCUT2D eigenvalue weighted by molar-refractivity contribution is -0.385. The predicted molar refractivity (Wildman–Crippen MR) is 111 cm³/mol. The average Bonchev–Trinajstić information content (AvgIpc) is 3.10. The Kier molecular flexibility index (Phi) is 6.10. The summed E-state index contributed by atoms with van der Waals surface area (Å²) in [7, 11) is 0.